The lowest BCUT2D eigenvalue weighted by atomic mass is 10.1. The van der Waals surface area contributed by atoms with E-state index >= 15 is 0 Å². The Kier molecular flexibility index (Phi) is 5.89. The van der Waals surface area contributed by atoms with Gasteiger partial charge in [0.05, 0.1) is 22.6 Å². The van der Waals surface area contributed by atoms with Crippen LogP contribution in [-0.2, 0) is 0 Å². The molecule has 25 heavy (non-hydrogen) atoms. The molecule has 130 valence electrons. The monoisotopic (exact) mass is 379 g/mol. The Morgan fingerprint density at radius 1 is 1.28 bits per heavy atom. The number of thiocarbonyl (C=S) groups is 1. The van der Waals surface area contributed by atoms with Crippen molar-refractivity contribution in [3.63, 3.8) is 0 Å². The van der Waals surface area contributed by atoms with Crippen LogP contribution in [0.2, 0.25) is 5.02 Å². The van der Waals surface area contributed by atoms with Gasteiger partial charge in [-0.25, -0.2) is 0 Å². The molecule has 0 heterocycles. The number of aryl methyl sites for hydroxylation is 1. The number of rotatable bonds is 4. The standard InChI is InChI=1S/C16H14ClN3O4S/c1-9-3-5-11(12(17)7-9)15(21)19-16(25)18-10-4-6-14(24-2)13(8-10)20(22)23/h3-8H,1-2H3,(H2,18,19,21,25). The number of hydrogen-bond donors (Lipinski definition) is 2. The first kappa shape index (κ1) is 18.6. The highest BCUT2D eigenvalue weighted by molar-refractivity contribution is 7.80. The molecule has 0 aliphatic carbocycles. The second-order valence-electron chi connectivity index (χ2n) is 5.04. The van der Waals surface area contributed by atoms with Crippen molar-refractivity contribution in [1.82, 2.24) is 5.32 Å². The molecule has 2 N–H and O–H groups in total. The molecule has 0 saturated carbocycles. The van der Waals surface area contributed by atoms with Crippen molar-refractivity contribution in [2.45, 2.75) is 6.92 Å². The summed E-state index contributed by atoms with van der Waals surface area (Å²) in [5, 5.41) is 16.5. The number of nitro groups is 1. The van der Waals surface area contributed by atoms with Crippen LogP contribution in [0.25, 0.3) is 0 Å². The van der Waals surface area contributed by atoms with Crippen LogP contribution in [0.4, 0.5) is 11.4 Å². The Balaban J connectivity index is 2.11. The number of ether oxygens (including phenoxy) is 1. The Labute approximate surface area is 154 Å². The molecule has 0 unspecified atom stereocenters. The van der Waals surface area contributed by atoms with E-state index in [0.717, 1.165) is 5.56 Å². The summed E-state index contributed by atoms with van der Waals surface area (Å²) in [4.78, 5) is 22.7. The Morgan fingerprint density at radius 3 is 2.60 bits per heavy atom. The maximum Gasteiger partial charge on any atom is 0.312 e. The number of anilines is 1. The fourth-order valence-electron chi connectivity index (χ4n) is 2.05. The van der Waals surface area contributed by atoms with Crippen LogP contribution in [-0.4, -0.2) is 23.1 Å². The highest BCUT2D eigenvalue weighted by atomic mass is 35.5. The number of hydrogen-bond acceptors (Lipinski definition) is 5. The number of nitro benzene ring substituents is 1. The van der Waals surface area contributed by atoms with Crippen LogP contribution in [0.1, 0.15) is 15.9 Å². The molecule has 0 aliphatic heterocycles. The smallest absolute Gasteiger partial charge is 0.312 e. The van der Waals surface area contributed by atoms with Gasteiger partial charge < -0.3 is 10.1 Å². The van der Waals surface area contributed by atoms with Crippen molar-refractivity contribution in [3.8, 4) is 5.75 Å². The minimum Gasteiger partial charge on any atom is -0.490 e. The molecule has 0 fully saturated rings. The fraction of sp³-hybridized carbons (Fsp3) is 0.125. The van der Waals surface area contributed by atoms with E-state index < -0.39 is 10.8 Å². The van der Waals surface area contributed by atoms with E-state index in [4.69, 9.17) is 28.6 Å². The van der Waals surface area contributed by atoms with Gasteiger partial charge in [0.25, 0.3) is 5.91 Å². The molecule has 2 aromatic carbocycles. The van der Waals surface area contributed by atoms with Gasteiger partial charge in [0.2, 0.25) is 0 Å². The molecule has 1 amide bonds. The SMILES string of the molecule is COc1ccc(NC(=S)NC(=O)c2ccc(C)cc2Cl)cc1[N+](=O)[O-]. The molecule has 0 aromatic heterocycles. The summed E-state index contributed by atoms with van der Waals surface area (Å²) >= 11 is 11.1. The quantitative estimate of drug-likeness (QED) is 0.478. The zero-order chi connectivity index (χ0) is 18.6. The normalized spacial score (nSPS) is 10.0. The largest absolute Gasteiger partial charge is 0.490 e. The number of methoxy groups -OCH3 is 1. The van der Waals surface area contributed by atoms with Gasteiger partial charge in [0.1, 0.15) is 0 Å². The molecule has 7 nitrogen and oxygen atoms in total. The third-order valence-corrected chi connectivity index (χ3v) is 3.75. The van der Waals surface area contributed by atoms with Gasteiger partial charge in [0.15, 0.2) is 10.9 Å². The van der Waals surface area contributed by atoms with Gasteiger partial charge in [0, 0.05) is 11.8 Å². The van der Waals surface area contributed by atoms with Gasteiger partial charge >= 0.3 is 5.69 Å². The maximum atomic E-state index is 12.2. The maximum absolute atomic E-state index is 12.2. The zero-order valence-corrected chi connectivity index (χ0v) is 14.9. The number of benzene rings is 2. The first-order valence-electron chi connectivity index (χ1n) is 7.02. The molecule has 2 rings (SSSR count). The Morgan fingerprint density at radius 2 is 2.00 bits per heavy atom. The number of carbonyl (C=O) groups is 1. The van der Waals surface area contributed by atoms with E-state index in [1.807, 2.05) is 6.92 Å². The van der Waals surface area contributed by atoms with Crippen molar-refractivity contribution in [2.75, 3.05) is 12.4 Å². The number of halogens is 1. The van der Waals surface area contributed by atoms with Crippen molar-refractivity contribution >= 4 is 46.2 Å². The summed E-state index contributed by atoms with van der Waals surface area (Å²) in [6, 6.07) is 9.25. The third kappa shape index (κ3) is 4.65. The van der Waals surface area contributed by atoms with Crippen molar-refractivity contribution in [2.24, 2.45) is 0 Å². The average Bonchev–Trinajstić information content (AvgIpc) is 2.54. The van der Waals surface area contributed by atoms with Crippen LogP contribution in [0, 0.1) is 17.0 Å². The summed E-state index contributed by atoms with van der Waals surface area (Å²) in [6.07, 6.45) is 0. The summed E-state index contributed by atoms with van der Waals surface area (Å²) in [5.74, 6) is -0.359. The summed E-state index contributed by atoms with van der Waals surface area (Å²) in [5.41, 5.74) is 1.32. The van der Waals surface area contributed by atoms with Crippen LogP contribution in [0.5, 0.6) is 5.75 Å². The number of amides is 1. The molecule has 0 atom stereocenters. The van der Waals surface area contributed by atoms with Gasteiger partial charge in [-0.05, 0) is 49.0 Å². The lowest BCUT2D eigenvalue weighted by molar-refractivity contribution is -0.385. The molecule has 0 spiro atoms. The van der Waals surface area contributed by atoms with E-state index in [2.05, 4.69) is 10.6 Å². The minimum atomic E-state index is -0.572. The van der Waals surface area contributed by atoms with E-state index in [9.17, 15) is 14.9 Å². The van der Waals surface area contributed by atoms with E-state index in [1.165, 1.54) is 19.2 Å². The predicted octanol–water partition coefficient (Wildman–Crippen LogP) is 3.69. The van der Waals surface area contributed by atoms with Gasteiger partial charge in [-0.1, -0.05) is 17.7 Å². The van der Waals surface area contributed by atoms with Crippen molar-refractivity contribution in [3.05, 3.63) is 62.7 Å². The minimum absolute atomic E-state index is 0.0129. The topological polar surface area (TPSA) is 93.5 Å². The van der Waals surface area contributed by atoms with E-state index in [0.29, 0.717) is 10.7 Å². The summed E-state index contributed by atoms with van der Waals surface area (Å²) in [7, 11) is 1.34. The first-order chi connectivity index (χ1) is 11.8. The van der Waals surface area contributed by atoms with Crippen molar-refractivity contribution in [1.29, 1.82) is 0 Å². The zero-order valence-electron chi connectivity index (χ0n) is 13.3. The van der Waals surface area contributed by atoms with Crippen molar-refractivity contribution < 1.29 is 14.5 Å². The average molecular weight is 380 g/mol. The molecular weight excluding hydrogens is 366 g/mol. The van der Waals surface area contributed by atoms with E-state index in [-0.39, 0.29) is 22.1 Å². The lowest BCUT2D eigenvalue weighted by Crippen LogP contribution is -2.34. The highest BCUT2D eigenvalue weighted by Gasteiger charge is 2.16. The fourth-order valence-corrected chi connectivity index (χ4v) is 2.58. The molecule has 9 heteroatoms. The lowest BCUT2D eigenvalue weighted by Gasteiger charge is -2.11. The van der Waals surface area contributed by atoms with E-state index in [1.54, 1.807) is 24.3 Å². The molecular formula is C16H14ClN3O4S. The van der Waals surface area contributed by atoms with Gasteiger partial charge in [-0.3, -0.25) is 20.2 Å². The van der Waals surface area contributed by atoms with Crippen LogP contribution in [0.15, 0.2) is 36.4 Å². The molecule has 0 aliphatic rings. The van der Waals surface area contributed by atoms with Gasteiger partial charge in [-0.15, -0.1) is 0 Å². The molecule has 0 saturated heterocycles. The third-order valence-electron chi connectivity index (χ3n) is 3.23. The molecule has 0 bridgehead atoms. The highest BCUT2D eigenvalue weighted by Crippen LogP contribution is 2.29. The number of nitrogens with zero attached hydrogens (tertiary/aromatic N) is 1. The Bertz CT molecular complexity index is 857. The second-order valence-corrected chi connectivity index (χ2v) is 5.85. The Hall–Kier alpha value is -2.71. The van der Waals surface area contributed by atoms with Crippen LogP contribution < -0.4 is 15.4 Å². The predicted molar refractivity (Wildman–Crippen MR) is 99.5 cm³/mol. The van der Waals surface area contributed by atoms with Gasteiger partial charge in [-0.2, -0.15) is 0 Å². The molecule has 2 aromatic rings. The summed E-state index contributed by atoms with van der Waals surface area (Å²) < 4.78 is 4.93. The number of carbonyl (C=O) groups excluding carboxylic acids is 1. The molecule has 0 radical (unpaired) electrons. The van der Waals surface area contributed by atoms with Crippen LogP contribution >= 0.6 is 23.8 Å². The van der Waals surface area contributed by atoms with Crippen LogP contribution in [0.3, 0.4) is 0 Å². The second kappa shape index (κ2) is 7.91. The summed E-state index contributed by atoms with van der Waals surface area (Å²) in [6.45, 7) is 1.86. The first-order valence-corrected chi connectivity index (χ1v) is 7.81. The number of nitrogens with one attached hydrogen (secondary N) is 2.